The first kappa shape index (κ1) is 13.8. The molecule has 3 rings (SSSR count). The van der Waals surface area contributed by atoms with Crippen LogP contribution in [0.25, 0.3) is 0 Å². The van der Waals surface area contributed by atoms with Crippen LogP contribution < -0.4 is 10.7 Å². The Morgan fingerprint density at radius 3 is 2.75 bits per heavy atom. The van der Waals surface area contributed by atoms with Gasteiger partial charge in [-0.15, -0.1) is 0 Å². The van der Waals surface area contributed by atoms with E-state index in [1.54, 1.807) is 6.20 Å². The van der Waals surface area contributed by atoms with Crippen LogP contribution >= 0.6 is 0 Å². The van der Waals surface area contributed by atoms with Crippen LogP contribution in [-0.2, 0) is 20.8 Å². The first-order valence-corrected chi connectivity index (χ1v) is 8.51. The van der Waals surface area contributed by atoms with Crippen LogP contribution in [0.15, 0.2) is 23.1 Å². The second-order valence-corrected chi connectivity index (χ2v) is 7.31. The molecule has 0 amide bonds. The zero-order valence-corrected chi connectivity index (χ0v) is 12.1. The summed E-state index contributed by atoms with van der Waals surface area (Å²) in [5.41, 5.74) is 0.309. The molecule has 2 aliphatic rings. The van der Waals surface area contributed by atoms with Crippen molar-refractivity contribution < 1.29 is 12.6 Å². The third-order valence-electron chi connectivity index (χ3n) is 4.22. The molecule has 0 aromatic carbocycles. The average molecular weight is 298 g/mol. The molecule has 1 atom stereocenters. The second-order valence-electron chi connectivity index (χ2n) is 5.71. The predicted octanol–water partition coefficient (Wildman–Crippen LogP) is 0.249. The lowest BCUT2D eigenvalue weighted by Gasteiger charge is -2.37. The van der Waals surface area contributed by atoms with E-state index in [2.05, 4.69) is 5.32 Å². The number of nitrogens with one attached hydrogen (secondary N) is 1. The van der Waals surface area contributed by atoms with E-state index in [1.165, 1.54) is 12.1 Å². The number of pyridine rings is 1. The van der Waals surface area contributed by atoms with Gasteiger partial charge in [0.2, 0.25) is 0 Å². The fourth-order valence-corrected chi connectivity index (χ4v) is 3.96. The van der Waals surface area contributed by atoms with Crippen LogP contribution in [0.5, 0.6) is 0 Å². The Morgan fingerprint density at radius 2 is 2.10 bits per heavy atom. The van der Waals surface area contributed by atoms with Gasteiger partial charge in [0.25, 0.3) is 10.1 Å². The van der Waals surface area contributed by atoms with Crippen LogP contribution in [0.3, 0.4) is 0 Å². The van der Waals surface area contributed by atoms with Gasteiger partial charge in [-0.3, -0.25) is 8.98 Å². The van der Waals surface area contributed by atoms with Gasteiger partial charge in [-0.1, -0.05) is 0 Å². The van der Waals surface area contributed by atoms with Crippen LogP contribution in [0.1, 0.15) is 24.6 Å². The normalized spacial score (nSPS) is 24.8. The number of piperidine rings is 1. The van der Waals surface area contributed by atoms with Gasteiger partial charge in [-0.2, -0.15) is 8.42 Å². The molecule has 1 aromatic heterocycles. The summed E-state index contributed by atoms with van der Waals surface area (Å²) < 4.78 is 30.5. The summed E-state index contributed by atoms with van der Waals surface area (Å²) in [7, 11) is -3.57. The Morgan fingerprint density at radius 1 is 1.40 bits per heavy atom. The minimum Gasteiger partial charge on any atom is -0.348 e. The predicted molar refractivity (Wildman–Crippen MR) is 73.9 cm³/mol. The second kappa shape index (κ2) is 4.68. The van der Waals surface area contributed by atoms with Crippen LogP contribution in [-0.4, -0.2) is 32.3 Å². The van der Waals surface area contributed by atoms with Crippen LogP contribution in [0.4, 0.5) is 0 Å². The van der Waals surface area contributed by atoms with Crippen molar-refractivity contribution in [3.05, 3.63) is 34.2 Å². The number of hydrogen-bond donors (Lipinski definition) is 1. The highest BCUT2D eigenvalue weighted by molar-refractivity contribution is 7.86. The summed E-state index contributed by atoms with van der Waals surface area (Å²) in [6.07, 6.45) is 3.90. The molecule has 110 valence electrons. The molecule has 20 heavy (non-hydrogen) atoms. The lowest BCUT2D eigenvalue weighted by Crippen LogP contribution is -2.40. The molecular formula is C13H18N2O4S. The van der Waals surface area contributed by atoms with Gasteiger partial charge in [-0.25, -0.2) is 0 Å². The molecule has 1 aromatic rings. The van der Waals surface area contributed by atoms with Gasteiger partial charge < -0.3 is 9.88 Å². The van der Waals surface area contributed by atoms with Crippen molar-refractivity contribution in [3.8, 4) is 0 Å². The molecule has 1 N–H and O–H groups in total. The summed E-state index contributed by atoms with van der Waals surface area (Å²) in [4.78, 5) is 11.6. The molecule has 0 saturated carbocycles. The lowest BCUT2D eigenvalue weighted by atomic mass is 9.75. The van der Waals surface area contributed by atoms with Gasteiger partial charge in [0.1, 0.15) is 6.10 Å². The molecule has 1 fully saturated rings. The average Bonchev–Trinajstić information content (AvgIpc) is 2.63. The molecular weight excluding hydrogens is 280 g/mol. The third-order valence-corrected chi connectivity index (χ3v) is 4.76. The van der Waals surface area contributed by atoms with Gasteiger partial charge in [-0.05, 0) is 25.9 Å². The number of rotatable bonds is 2. The van der Waals surface area contributed by atoms with E-state index < -0.39 is 16.2 Å². The van der Waals surface area contributed by atoms with Crippen molar-refractivity contribution in [1.82, 2.24) is 9.88 Å². The van der Waals surface area contributed by atoms with Crippen molar-refractivity contribution in [2.45, 2.75) is 25.5 Å². The van der Waals surface area contributed by atoms with E-state index in [1.807, 2.05) is 4.57 Å². The van der Waals surface area contributed by atoms with E-state index in [4.69, 9.17) is 4.18 Å². The first-order valence-electron chi connectivity index (χ1n) is 6.69. The third kappa shape index (κ3) is 2.41. The van der Waals surface area contributed by atoms with E-state index in [0.29, 0.717) is 12.2 Å². The molecule has 6 nitrogen and oxygen atoms in total. The maximum absolute atomic E-state index is 11.6. The Kier molecular flexibility index (Phi) is 3.23. The van der Waals surface area contributed by atoms with Crippen molar-refractivity contribution in [1.29, 1.82) is 0 Å². The van der Waals surface area contributed by atoms with Gasteiger partial charge in [0.05, 0.1) is 11.9 Å². The zero-order valence-electron chi connectivity index (χ0n) is 11.3. The molecule has 2 aliphatic heterocycles. The maximum atomic E-state index is 11.6. The van der Waals surface area contributed by atoms with E-state index in [0.717, 1.165) is 32.2 Å². The Bertz CT molecular complexity index is 674. The molecule has 1 spiro atoms. The Hall–Kier alpha value is -1.18. The Balaban J connectivity index is 2.07. The van der Waals surface area contributed by atoms with Gasteiger partial charge in [0.15, 0.2) is 5.43 Å². The highest BCUT2D eigenvalue weighted by Gasteiger charge is 2.49. The van der Waals surface area contributed by atoms with Crippen molar-refractivity contribution >= 4 is 10.1 Å². The number of hydrogen-bond acceptors (Lipinski definition) is 5. The van der Waals surface area contributed by atoms with Gasteiger partial charge in [0, 0.05) is 30.3 Å². The number of nitrogens with zero attached hydrogens (tertiary/aromatic N) is 1. The first-order chi connectivity index (χ1) is 9.40. The quantitative estimate of drug-likeness (QED) is 0.792. The van der Waals surface area contributed by atoms with Crippen molar-refractivity contribution in [2.75, 3.05) is 19.3 Å². The van der Waals surface area contributed by atoms with Crippen LogP contribution in [0.2, 0.25) is 0 Å². The van der Waals surface area contributed by atoms with Crippen molar-refractivity contribution in [3.63, 3.8) is 0 Å². The summed E-state index contributed by atoms with van der Waals surface area (Å²) in [5.74, 6) is 0. The molecule has 0 aliphatic carbocycles. The molecule has 1 saturated heterocycles. The monoisotopic (exact) mass is 298 g/mol. The summed E-state index contributed by atoms with van der Waals surface area (Å²) in [6.45, 7) is 2.37. The maximum Gasteiger partial charge on any atom is 0.265 e. The summed E-state index contributed by atoms with van der Waals surface area (Å²) in [5, 5.41) is 3.28. The lowest BCUT2D eigenvalue weighted by molar-refractivity contribution is 0.0367. The van der Waals surface area contributed by atoms with E-state index in [-0.39, 0.29) is 10.8 Å². The standard InChI is InChI=1S/C13H18N2O4S/c1-20(17,18)19-12-11-8-10(16)2-7-15(11)9-13(12)3-5-14-6-4-13/h2,7-8,12,14H,3-6,9H2,1H3. The summed E-state index contributed by atoms with van der Waals surface area (Å²) in [6, 6.07) is 2.99. The fourth-order valence-electron chi connectivity index (χ4n) is 3.30. The number of aromatic nitrogens is 1. The fraction of sp³-hybridized carbons (Fsp3) is 0.615. The van der Waals surface area contributed by atoms with Crippen molar-refractivity contribution in [2.24, 2.45) is 5.41 Å². The molecule has 7 heteroatoms. The molecule has 3 heterocycles. The smallest absolute Gasteiger partial charge is 0.265 e. The molecule has 0 radical (unpaired) electrons. The SMILES string of the molecule is CS(=O)(=O)OC1c2cc(=O)ccn2CC12CCNCC2. The van der Waals surface area contributed by atoms with E-state index >= 15 is 0 Å². The highest BCUT2D eigenvalue weighted by atomic mass is 32.2. The Labute approximate surface area is 117 Å². The zero-order chi connectivity index (χ0) is 14.4. The highest BCUT2D eigenvalue weighted by Crippen LogP contribution is 2.50. The molecule has 0 bridgehead atoms. The minimum absolute atomic E-state index is 0.121. The summed E-state index contributed by atoms with van der Waals surface area (Å²) >= 11 is 0. The van der Waals surface area contributed by atoms with Crippen LogP contribution in [0, 0.1) is 5.41 Å². The minimum atomic E-state index is -3.57. The number of fused-ring (bicyclic) bond motifs is 1. The van der Waals surface area contributed by atoms with E-state index in [9.17, 15) is 13.2 Å². The topological polar surface area (TPSA) is 77.4 Å². The van der Waals surface area contributed by atoms with Gasteiger partial charge >= 0.3 is 0 Å². The molecule has 1 unspecified atom stereocenters. The largest absolute Gasteiger partial charge is 0.348 e.